The van der Waals surface area contributed by atoms with Crippen molar-refractivity contribution in [1.82, 2.24) is 4.98 Å². The van der Waals surface area contributed by atoms with Crippen molar-refractivity contribution in [2.24, 2.45) is 0 Å². The van der Waals surface area contributed by atoms with E-state index >= 15 is 0 Å². The summed E-state index contributed by atoms with van der Waals surface area (Å²) in [5.41, 5.74) is 2.35. The highest BCUT2D eigenvalue weighted by molar-refractivity contribution is 6.15. The van der Waals surface area contributed by atoms with Crippen LogP contribution in [-0.4, -0.2) is 22.7 Å². The minimum Gasteiger partial charge on any atom is -0.436 e. The zero-order chi connectivity index (χ0) is 19.0. The molecule has 7 heteroatoms. The van der Waals surface area contributed by atoms with E-state index in [9.17, 15) is 9.59 Å². The third-order valence-corrected chi connectivity index (χ3v) is 3.93. The molecule has 0 aliphatic carbocycles. The maximum atomic E-state index is 12.0. The minimum absolute atomic E-state index is 0.224. The van der Waals surface area contributed by atoms with Gasteiger partial charge in [0.15, 0.2) is 11.2 Å². The third-order valence-electron chi connectivity index (χ3n) is 3.93. The van der Waals surface area contributed by atoms with Crippen LogP contribution in [0.2, 0.25) is 0 Å². The average molecular weight is 364 g/mol. The molecule has 0 bridgehead atoms. The van der Waals surface area contributed by atoms with Crippen LogP contribution in [0.3, 0.4) is 0 Å². The van der Waals surface area contributed by atoms with Crippen LogP contribution in [0.1, 0.15) is 13.8 Å². The Bertz CT molecular complexity index is 1040. The van der Waals surface area contributed by atoms with Gasteiger partial charge in [-0.05, 0) is 24.3 Å². The number of rotatable bonds is 3. The van der Waals surface area contributed by atoms with Crippen molar-refractivity contribution in [2.75, 3.05) is 5.32 Å². The Labute approximate surface area is 154 Å². The SMILES string of the molecule is CC1(C)OC(=O)C(=CNc2cccc3oc(-c4ccccc4)nc23)C(=O)O1. The van der Waals surface area contributed by atoms with E-state index in [1.165, 1.54) is 20.0 Å². The van der Waals surface area contributed by atoms with Crippen LogP contribution in [-0.2, 0) is 19.1 Å². The molecule has 1 saturated heterocycles. The van der Waals surface area contributed by atoms with Crippen LogP contribution in [0.25, 0.3) is 22.6 Å². The predicted octanol–water partition coefficient (Wildman–Crippen LogP) is 3.63. The number of carbonyl (C=O) groups is 2. The van der Waals surface area contributed by atoms with E-state index in [0.717, 1.165) is 5.56 Å². The predicted molar refractivity (Wildman–Crippen MR) is 97.4 cm³/mol. The van der Waals surface area contributed by atoms with Crippen molar-refractivity contribution in [2.45, 2.75) is 19.6 Å². The molecule has 7 nitrogen and oxygen atoms in total. The van der Waals surface area contributed by atoms with Gasteiger partial charge in [0.25, 0.3) is 5.79 Å². The summed E-state index contributed by atoms with van der Waals surface area (Å²) in [6.07, 6.45) is 1.26. The normalized spacial score (nSPS) is 16.0. The number of nitrogens with zero attached hydrogens (tertiary/aromatic N) is 1. The van der Waals surface area contributed by atoms with Gasteiger partial charge < -0.3 is 19.2 Å². The van der Waals surface area contributed by atoms with Crippen molar-refractivity contribution < 1.29 is 23.5 Å². The van der Waals surface area contributed by atoms with E-state index in [-0.39, 0.29) is 5.57 Å². The van der Waals surface area contributed by atoms with Gasteiger partial charge in [-0.1, -0.05) is 24.3 Å². The molecule has 0 saturated carbocycles. The van der Waals surface area contributed by atoms with Crippen LogP contribution in [0.5, 0.6) is 0 Å². The van der Waals surface area contributed by atoms with E-state index < -0.39 is 17.7 Å². The highest BCUT2D eigenvalue weighted by Gasteiger charge is 2.39. The van der Waals surface area contributed by atoms with Gasteiger partial charge in [0.2, 0.25) is 5.89 Å². The van der Waals surface area contributed by atoms with Crippen molar-refractivity contribution in [3.8, 4) is 11.5 Å². The summed E-state index contributed by atoms with van der Waals surface area (Å²) < 4.78 is 15.9. The van der Waals surface area contributed by atoms with Crippen LogP contribution in [0, 0.1) is 0 Å². The van der Waals surface area contributed by atoms with Crippen molar-refractivity contribution in [3.05, 3.63) is 60.3 Å². The minimum atomic E-state index is -1.28. The lowest BCUT2D eigenvalue weighted by Gasteiger charge is -2.29. The second kappa shape index (κ2) is 6.28. The lowest BCUT2D eigenvalue weighted by molar-refractivity contribution is -0.222. The van der Waals surface area contributed by atoms with Crippen LogP contribution >= 0.6 is 0 Å². The number of hydrogen-bond donors (Lipinski definition) is 1. The Kier molecular flexibility index (Phi) is 3.92. The van der Waals surface area contributed by atoms with E-state index in [4.69, 9.17) is 13.9 Å². The van der Waals surface area contributed by atoms with Crippen LogP contribution < -0.4 is 5.32 Å². The number of aromatic nitrogens is 1. The maximum Gasteiger partial charge on any atom is 0.350 e. The second-order valence-electron chi connectivity index (χ2n) is 6.42. The second-order valence-corrected chi connectivity index (χ2v) is 6.42. The molecule has 27 heavy (non-hydrogen) atoms. The summed E-state index contributed by atoms with van der Waals surface area (Å²) in [6, 6.07) is 14.8. The number of ether oxygens (including phenoxy) is 2. The van der Waals surface area contributed by atoms with Gasteiger partial charge in [-0.15, -0.1) is 0 Å². The summed E-state index contributed by atoms with van der Waals surface area (Å²) in [4.78, 5) is 28.6. The Morgan fingerprint density at radius 3 is 2.37 bits per heavy atom. The van der Waals surface area contributed by atoms with E-state index in [1.54, 1.807) is 18.2 Å². The van der Waals surface area contributed by atoms with Gasteiger partial charge in [-0.25, -0.2) is 14.6 Å². The molecule has 0 amide bonds. The largest absolute Gasteiger partial charge is 0.436 e. The topological polar surface area (TPSA) is 90.7 Å². The fourth-order valence-corrected chi connectivity index (χ4v) is 2.70. The number of para-hydroxylation sites is 1. The van der Waals surface area contributed by atoms with E-state index in [1.807, 2.05) is 30.3 Å². The molecule has 2 aromatic carbocycles. The Balaban J connectivity index is 1.66. The number of esters is 2. The monoisotopic (exact) mass is 364 g/mol. The Morgan fingerprint density at radius 2 is 1.67 bits per heavy atom. The molecule has 4 rings (SSSR count). The number of nitrogens with one attached hydrogen (secondary N) is 1. The van der Waals surface area contributed by atoms with Gasteiger partial charge in [0, 0.05) is 25.6 Å². The summed E-state index contributed by atoms with van der Waals surface area (Å²) in [6.45, 7) is 2.99. The van der Waals surface area contributed by atoms with Crippen LogP contribution in [0.15, 0.2) is 64.7 Å². The van der Waals surface area contributed by atoms with Gasteiger partial charge in [-0.3, -0.25) is 0 Å². The maximum absolute atomic E-state index is 12.0. The molecule has 3 aromatic rings. The molecule has 0 atom stereocenters. The molecule has 0 radical (unpaired) electrons. The summed E-state index contributed by atoms with van der Waals surface area (Å²) in [5, 5.41) is 2.92. The van der Waals surface area contributed by atoms with Crippen molar-refractivity contribution >= 4 is 28.7 Å². The molecular weight excluding hydrogens is 348 g/mol. The summed E-state index contributed by atoms with van der Waals surface area (Å²) in [7, 11) is 0. The number of anilines is 1. The van der Waals surface area contributed by atoms with Gasteiger partial charge in [0.1, 0.15) is 5.52 Å². The number of benzene rings is 2. The average Bonchev–Trinajstić information content (AvgIpc) is 3.06. The van der Waals surface area contributed by atoms with Gasteiger partial charge in [-0.2, -0.15) is 0 Å². The molecule has 1 aliphatic rings. The highest BCUT2D eigenvalue weighted by Crippen LogP contribution is 2.29. The molecular formula is C20H16N2O5. The quantitative estimate of drug-likeness (QED) is 0.431. The molecule has 1 aliphatic heterocycles. The smallest absolute Gasteiger partial charge is 0.350 e. The first-order chi connectivity index (χ1) is 12.9. The molecule has 2 heterocycles. The molecule has 136 valence electrons. The number of hydrogen-bond acceptors (Lipinski definition) is 7. The van der Waals surface area contributed by atoms with E-state index in [0.29, 0.717) is 22.7 Å². The number of cyclic esters (lactones) is 2. The Hall–Kier alpha value is -3.61. The summed E-state index contributed by atoms with van der Waals surface area (Å²) in [5.74, 6) is -2.30. The number of oxazole rings is 1. The van der Waals surface area contributed by atoms with Crippen LogP contribution in [0.4, 0.5) is 5.69 Å². The molecule has 1 fully saturated rings. The number of carbonyl (C=O) groups excluding carboxylic acids is 2. The lowest BCUT2D eigenvalue weighted by atomic mass is 10.2. The zero-order valence-corrected chi connectivity index (χ0v) is 14.7. The first-order valence-electron chi connectivity index (χ1n) is 8.31. The molecule has 0 unspecified atom stereocenters. The van der Waals surface area contributed by atoms with Gasteiger partial charge in [0.05, 0.1) is 5.69 Å². The molecule has 1 N–H and O–H groups in total. The standard InChI is InChI=1S/C20H16N2O5/c1-20(2)26-18(23)13(19(24)27-20)11-21-14-9-6-10-15-16(14)22-17(25-15)12-7-4-3-5-8-12/h3-11,21H,1-2H3. The first-order valence-corrected chi connectivity index (χ1v) is 8.31. The fourth-order valence-electron chi connectivity index (χ4n) is 2.70. The highest BCUT2D eigenvalue weighted by atomic mass is 16.7. The Morgan fingerprint density at radius 1 is 0.963 bits per heavy atom. The fraction of sp³-hybridized carbons (Fsp3) is 0.150. The van der Waals surface area contributed by atoms with Crippen molar-refractivity contribution in [1.29, 1.82) is 0 Å². The lowest BCUT2D eigenvalue weighted by Crippen LogP contribution is -2.42. The molecule has 0 spiro atoms. The summed E-state index contributed by atoms with van der Waals surface area (Å²) >= 11 is 0. The van der Waals surface area contributed by atoms with Crippen molar-refractivity contribution in [3.63, 3.8) is 0 Å². The number of fused-ring (bicyclic) bond motifs is 1. The van der Waals surface area contributed by atoms with E-state index in [2.05, 4.69) is 10.3 Å². The third kappa shape index (κ3) is 3.27. The molecule has 1 aromatic heterocycles. The zero-order valence-electron chi connectivity index (χ0n) is 14.7. The van der Waals surface area contributed by atoms with Gasteiger partial charge >= 0.3 is 11.9 Å². The first kappa shape index (κ1) is 16.8.